The first-order valence-corrected chi connectivity index (χ1v) is 15.8. The molecule has 5 rings (SSSR count). The van der Waals surface area contributed by atoms with Crippen LogP contribution in [0.15, 0.2) is 66.9 Å². The van der Waals surface area contributed by atoms with Gasteiger partial charge in [-0.3, -0.25) is 19.5 Å². The summed E-state index contributed by atoms with van der Waals surface area (Å²) in [5, 5.41) is 0. The third-order valence-electron chi connectivity index (χ3n) is 8.12. The fraction of sp³-hybridized carbons (Fsp3) is 0.424. The molecule has 2 aromatic carbocycles. The first-order valence-electron chi connectivity index (χ1n) is 15.1. The second-order valence-corrected chi connectivity index (χ2v) is 11.7. The molecule has 0 aliphatic carbocycles. The molecule has 2 saturated heterocycles. The Morgan fingerprint density at radius 3 is 2.13 bits per heavy atom. The molecule has 47 heavy (non-hydrogen) atoms. The Kier molecular flexibility index (Phi) is 12.6. The van der Waals surface area contributed by atoms with E-state index in [1.165, 1.54) is 36.5 Å². The molecule has 3 heterocycles. The summed E-state index contributed by atoms with van der Waals surface area (Å²) in [6, 6.07) is 16.5. The minimum Gasteiger partial charge on any atom is -0.490 e. The van der Waals surface area contributed by atoms with Crippen molar-refractivity contribution in [2.75, 3.05) is 26.2 Å². The summed E-state index contributed by atoms with van der Waals surface area (Å²) >= 11 is -0.750. The number of hydrogen-bond donors (Lipinski definition) is 0. The smallest absolute Gasteiger partial charge is 0.490 e. The number of pyridine rings is 1. The van der Waals surface area contributed by atoms with Gasteiger partial charge in [-0.2, -0.15) is 8.42 Å². The van der Waals surface area contributed by atoms with Crippen molar-refractivity contribution in [3.05, 3.63) is 89.2 Å². The third kappa shape index (κ3) is 11.0. The highest BCUT2D eigenvalue weighted by molar-refractivity contribution is 7.51. The van der Waals surface area contributed by atoms with E-state index in [1.807, 2.05) is 36.1 Å². The molecule has 2 atom stereocenters. The second-order valence-electron chi connectivity index (χ2n) is 11.5. The summed E-state index contributed by atoms with van der Waals surface area (Å²) in [7, 11) is 0. The molecule has 3 aromatic rings. The molecule has 252 valence electrons. The maximum absolute atomic E-state index is 15.0. The van der Waals surface area contributed by atoms with Crippen molar-refractivity contribution >= 4 is 23.3 Å². The molecule has 0 unspecified atom stereocenters. The Bertz CT molecular complexity index is 1510. The predicted molar refractivity (Wildman–Crippen MR) is 164 cm³/mol. The molecule has 2 aliphatic rings. The molecule has 2 fully saturated rings. The summed E-state index contributed by atoms with van der Waals surface area (Å²) < 4.78 is 78.7. The van der Waals surface area contributed by atoms with Crippen LogP contribution in [-0.2, 0) is 18.1 Å². The number of piperidine rings is 2. The number of alkyl halides is 4. The molecule has 2 aliphatic heterocycles. The van der Waals surface area contributed by atoms with E-state index in [0.717, 1.165) is 29.7 Å². The van der Waals surface area contributed by atoms with E-state index in [9.17, 15) is 22.8 Å². The molecule has 0 N–H and O–H groups in total. The zero-order valence-electron chi connectivity index (χ0n) is 25.7. The zero-order valence-corrected chi connectivity index (χ0v) is 26.5. The van der Waals surface area contributed by atoms with Gasteiger partial charge in [0.25, 0.3) is 5.91 Å². The van der Waals surface area contributed by atoms with Gasteiger partial charge < -0.3 is 14.4 Å². The highest BCUT2D eigenvalue weighted by Gasteiger charge is 2.33. The van der Waals surface area contributed by atoms with Crippen LogP contribution in [0.5, 0.6) is 11.5 Å². The van der Waals surface area contributed by atoms with E-state index in [-0.39, 0.29) is 42.2 Å². The van der Waals surface area contributed by atoms with Gasteiger partial charge in [0.2, 0.25) is 0 Å². The third-order valence-corrected chi connectivity index (χ3v) is 8.12. The number of aromatic nitrogens is 1. The molecule has 0 radical (unpaired) electrons. The lowest BCUT2D eigenvalue weighted by Gasteiger charge is -2.34. The number of likely N-dealkylation sites (tertiary alicyclic amines) is 2. The number of carbonyl (C=O) groups is 2. The maximum atomic E-state index is 15.0. The van der Waals surface area contributed by atoms with Gasteiger partial charge in [-0.1, -0.05) is 29.8 Å². The minimum absolute atomic E-state index is 0.00722. The van der Waals surface area contributed by atoms with E-state index >= 15 is 4.39 Å². The average Bonchev–Trinajstić information content (AvgIpc) is 3.04. The van der Waals surface area contributed by atoms with Gasteiger partial charge in [0.1, 0.15) is 29.5 Å². The lowest BCUT2D eigenvalue weighted by molar-refractivity contribution is -0.274. The van der Waals surface area contributed by atoms with Crippen LogP contribution in [0.4, 0.5) is 17.6 Å². The van der Waals surface area contributed by atoms with E-state index in [2.05, 4.69) is 9.72 Å². The first-order chi connectivity index (χ1) is 22.4. The molecular formula is C33H35F4N3O6S. The van der Waals surface area contributed by atoms with Crippen LogP contribution in [-0.4, -0.2) is 79.7 Å². The zero-order chi connectivity index (χ0) is 34.0. The topological polar surface area (TPSA) is 106 Å². The highest BCUT2D eigenvalue weighted by Crippen LogP contribution is 2.28. The van der Waals surface area contributed by atoms with Crippen molar-refractivity contribution in [3.8, 4) is 11.5 Å². The van der Waals surface area contributed by atoms with Crippen LogP contribution >= 0.6 is 0 Å². The number of carbonyl (C=O) groups excluding carboxylic acids is 2. The molecule has 1 aromatic heterocycles. The Morgan fingerprint density at radius 1 is 0.915 bits per heavy atom. The minimum atomic E-state index is -4.76. The van der Waals surface area contributed by atoms with Crippen LogP contribution in [0.1, 0.15) is 57.7 Å². The van der Waals surface area contributed by atoms with Crippen molar-refractivity contribution in [3.63, 3.8) is 0 Å². The summed E-state index contributed by atoms with van der Waals surface area (Å²) in [4.78, 5) is 33.8. The number of ketones is 1. The van der Waals surface area contributed by atoms with Gasteiger partial charge in [-0.15, -0.1) is 13.2 Å². The molecular weight excluding hydrogens is 642 g/mol. The van der Waals surface area contributed by atoms with Gasteiger partial charge in [-0.05, 0) is 67.8 Å². The van der Waals surface area contributed by atoms with Crippen LogP contribution < -0.4 is 9.47 Å². The molecule has 9 nitrogen and oxygen atoms in total. The van der Waals surface area contributed by atoms with Gasteiger partial charge >= 0.3 is 17.9 Å². The number of rotatable bonds is 9. The van der Waals surface area contributed by atoms with Crippen molar-refractivity contribution in [2.45, 2.75) is 57.8 Å². The largest absolute Gasteiger partial charge is 0.573 e. The van der Waals surface area contributed by atoms with Crippen LogP contribution in [0.25, 0.3) is 0 Å². The second kappa shape index (κ2) is 16.6. The summed E-state index contributed by atoms with van der Waals surface area (Å²) in [6.07, 6.45) is -2.64. The van der Waals surface area contributed by atoms with Crippen molar-refractivity contribution < 1.29 is 45.0 Å². The lowest BCUT2D eigenvalue weighted by Crippen LogP contribution is -2.42. The first kappa shape index (κ1) is 35.7. The van der Waals surface area contributed by atoms with E-state index in [1.54, 1.807) is 11.0 Å². The van der Waals surface area contributed by atoms with Crippen molar-refractivity contribution in [1.82, 2.24) is 14.8 Å². The Balaban J connectivity index is 0.00000160. The number of amides is 1. The number of halogens is 4. The molecule has 0 bridgehead atoms. The monoisotopic (exact) mass is 677 g/mol. The molecule has 1 amide bonds. The average molecular weight is 678 g/mol. The number of aryl methyl sites for hydroxylation is 1. The van der Waals surface area contributed by atoms with Gasteiger partial charge in [0.15, 0.2) is 5.78 Å². The van der Waals surface area contributed by atoms with Crippen molar-refractivity contribution in [2.24, 2.45) is 5.92 Å². The number of ether oxygens (including phenoxy) is 2. The Morgan fingerprint density at radius 2 is 1.55 bits per heavy atom. The lowest BCUT2D eigenvalue weighted by atomic mass is 9.89. The SMILES string of the molecule is Cc1ccc(OC2CCN(C(=O)c3ccc(C(=O)C[C@@H]4CCN(Cc5ccc(OC(F)(F)F)cc5)C[C@H]4F)nc3)CC2)cc1.O=S=O. The number of hydrogen-bond acceptors (Lipinski definition) is 8. The summed E-state index contributed by atoms with van der Waals surface area (Å²) in [5.41, 5.74) is 2.49. The standard InChI is InChI=1S/C33H35F4N3O4.O2S/c1-22-2-7-26(8-3-22)43-27-13-16-40(17-14-27)32(42)25-6-11-30(38-19-25)31(41)18-24-12-15-39(21-29(24)34)20-23-4-9-28(10-5-23)44-33(35,36)37;1-3-2/h2-11,19,24,27,29H,12-18,20-21H2,1H3;/t24-,29+;/m0./s1. The Hall–Kier alpha value is -4.17. The van der Waals surface area contributed by atoms with Crippen molar-refractivity contribution in [1.29, 1.82) is 0 Å². The molecule has 14 heteroatoms. The number of nitrogens with zero attached hydrogens (tertiary/aromatic N) is 3. The van der Waals surface area contributed by atoms with E-state index < -0.39 is 30.0 Å². The van der Waals surface area contributed by atoms with Gasteiger partial charge in [0.05, 0.1) is 5.56 Å². The fourth-order valence-electron chi connectivity index (χ4n) is 5.64. The predicted octanol–water partition coefficient (Wildman–Crippen LogP) is 5.74. The molecule has 0 saturated carbocycles. The van der Waals surface area contributed by atoms with E-state index in [4.69, 9.17) is 13.2 Å². The highest BCUT2D eigenvalue weighted by atomic mass is 32.1. The summed E-state index contributed by atoms with van der Waals surface area (Å²) in [5.74, 6) is -0.380. The van der Waals surface area contributed by atoms with Crippen LogP contribution in [0.2, 0.25) is 0 Å². The molecule has 0 spiro atoms. The van der Waals surface area contributed by atoms with E-state index in [0.29, 0.717) is 38.2 Å². The summed E-state index contributed by atoms with van der Waals surface area (Å²) in [6.45, 7) is 4.18. The Labute approximate surface area is 273 Å². The maximum Gasteiger partial charge on any atom is 0.573 e. The van der Waals surface area contributed by atoms with Gasteiger partial charge in [0, 0.05) is 51.6 Å². The van der Waals surface area contributed by atoms with Crippen LogP contribution in [0.3, 0.4) is 0 Å². The normalized spacial score (nSPS) is 18.9. The fourth-order valence-corrected chi connectivity index (χ4v) is 5.64. The number of Topliss-reactive ketones (excluding diaryl/α,β-unsaturated/α-hetero) is 1. The quantitative estimate of drug-likeness (QED) is 0.209. The number of benzene rings is 2. The van der Waals surface area contributed by atoms with Crippen LogP contribution in [0, 0.1) is 12.8 Å². The van der Waals surface area contributed by atoms with Gasteiger partial charge in [-0.25, -0.2) is 4.39 Å².